The van der Waals surface area contributed by atoms with Gasteiger partial charge in [-0.05, 0) is 38.5 Å². The minimum absolute atomic E-state index is 0.340. The Hall–Kier alpha value is -0.820. The summed E-state index contributed by atoms with van der Waals surface area (Å²) in [5, 5.41) is 8.62. The van der Waals surface area contributed by atoms with Gasteiger partial charge in [0.1, 0.15) is 0 Å². The summed E-state index contributed by atoms with van der Waals surface area (Å²) in [6, 6.07) is 0. The van der Waals surface area contributed by atoms with Crippen molar-refractivity contribution < 1.29 is 5.11 Å². The summed E-state index contributed by atoms with van der Waals surface area (Å²) in [5.41, 5.74) is 0. The van der Waals surface area contributed by atoms with Crippen molar-refractivity contribution in [2.75, 3.05) is 6.61 Å². The molecule has 0 rings (SSSR count). The molecule has 0 aromatic rings. The van der Waals surface area contributed by atoms with E-state index >= 15 is 0 Å². The van der Waals surface area contributed by atoms with Gasteiger partial charge in [0.25, 0.3) is 0 Å². The Bertz CT molecular complexity index is 214. The summed E-state index contributed by atoms with van der Waals surface area (Å²) in [6.45, 7) is 2.50. The van der Waals surface area contributed by atoms with E-state index in [-0.39, 0.29) is 0 Å². The normalized spacial score (nSPS) is 12.4. The highest BCUT2D eigenvalue weighted by Gasteiger charge is 1.86. The van der Waals surface area contributed by atoms with Crippen LogP contribution in [-0.4, -0.2) is 11.7 Å². The van der Waals surface area contributed by atoms with Crippen LogP contribution in [0.1, 0.15) is 58.3 Å². The number of allylic oxidation sites excluding steroid dienone is 6. The van der Waals surface area contributed by atoms with Gasteiger partial charge < -0.3 is 5.11 Å². The molecular weight excluding hydrogens is 208 g/mol. The summed E-state index contributed by atoms with van der Waals surface area (Å²) >= 11 is 0. The van der Waals surface area contributed by atoms with Crippen LogP contribution in [0.25, 0.3) is 0 Å². The van der Waals surface area contributed by atoms with Crippen LogP contribution in [0.3, 0.4) is 0 Å². The minimum Gasteiger partial charge on any atom is -0.396 e. The van der Waals surface area contributed by atoms with Gasteiger partial charge in [-0.3, -0.25) is 0 Å². The highest BCUT2D eigenvalue weighted by Crippen LogP contribution is 2.03. The molecule has 0 heterocycles. The van der Waals surface area contributed by atoms with Gasteiger partial charge in [-0.2, -0.15) is 0 Å². The molecule has 17 heavy (non-hydrogen) atoms. The predicted octanol–water partition coefficient (Wildman–Crippen LogP) is 4.79. The van der Waals surface area contributed by atoms with Crippen molar-refractivity contribution in [3.8, 4) is 0 Å². The maximum atomic E-state index is 8.62. The number of aliphatic hydroxyl groups excluding tert-OH is 1. The molecule has 0 fully saturated rings. The maximum Gasteiger partial charge on any atom is 0.0431 e. The fourth-order valence-corrected chi connectivity index (χ4v) is 1.55. The quantitative estimate of drug-likeness (QED) is 0.404. The van der Waals surface area contributed by atoms with Crippen LogP contribution in [-0.2, 0) is 0 Å². The lowest BCUT2D eigenvalue weighted by molar-refractivity contribution is 0.282. The molecule has 0 aliphatic carbocycles. The summed E-state index contributed by atoms with van der Waals surface area (Å²) in [5.74, 6) is 0. The molecule has 0 atom stereocenters. The average Bonchev–Trinajstić information content (AvgIpc) is 2.35. The molecular formula is C16H28O. The van der Waals surface area contributed by atoms with E-state index in [1.54, 1.807) is 0 Å². The van der Waals surface area contributed by atoms with Gasteiger partial charge in [-0.25, -0.2) is 0 Å². The first kappa shape index (κ1) is 16.2. The third-order valence-corrected chi connectivity index (χ3v) is 2.56. The van der Waals surface area contributed by atoms with E-state index in [2.05, 4.69) is 43.4 Å². The second-order valence-electron chi connectivity index (χ2n) is 4.22. The average molecular weight is 236 g/mol. The summed E-state index contributed by atoms with van der Waals surface area (Å²) in [4.78, 5) is 0. The molecule has 0 amide bonds. The molecule has 0 saturated carbocycles. The van der Waals surface area contributed by atoms with Crippen molar-refractivity contribution in [3.63, 3.8) is 0 Å². The van der Waals surface area contributed by atoms with Gasteiger partial charge in [-0.15, -0.1) is 0 Å². The van der Waals surface area contributed by atoms with Crippen molar-refractivity contribution in [2.45, 2.75) is 58.3 Å². The molecule has 0 aliphatic rings. The van der Waals surface area contributed by atoms with E-state index < -0.39 is 0 Å². The fourth-order valence-electron chi connectivity index (χ4n) is 1.55. The van der Waals surface area contributed by atoms with E-state index in [4.69, 9.17) is 5.11 Å². The Balaban J connectivity index is 3.21. The Morgan fingerprint density at radius 2 is 1.29 bits per heavy atom. The first-order valence-electron chi connectivity index (χ1n) is 6.97. The largest absolute Gasteiger partial charge is 0.396 e. The minimum atomic E-state index is 0.340. The number of hydrogen-bond acceptors (Lipinski definition) is 1. The van der Waals surface area contributed by atoms with E-state index in [1.165, 1.54) is 19.3 Å². The number of rotatable bonds is 11. The van der Waals surface area contributed by atoms with E-state index in [9.17, 15) is 0 Å². The molecule has 0 unspecified atom stereocenters. The third-order valence-electron chi connectivity index (χ3n) is 2.56. The lowest BCUT2D eigenvalue weighted by Gasteiger charge is -1.95. The molecule has 0 aromatic heterocycles. The van der Waals surface area contributed by atoms with Crippen LogP contribution in [0.2, 0.25) is 0 Å². The Labute approximate surface area is 107 Å². The number of hydrogen-bond donors (Lipinski definition) is 1. The van der Waals surface area contributed by atoms with Gasteiger partial charge in [0.05, 0.1) is 0 Å². The third kappa shape index (κ3) is 15.2. The standard InChI is InChI=1S/C16H28O/c1-2-3-4-5-6-7-8-9-10-11-12-13-14-15-16-17/h3-4,6-7,9-10,17H,2,5,8,11-16H2,1H3/b4-3-,7-6-,10-9-. The highest BCUT2D eigenvalue weighted by molar-refractivity contribution is 4.96. The molecule has 0 aromatic carbocycles. The Morgan fingerprint density at radius 3 is 1.94 bits per heavy atom. The Morgan fingerprint density at radius 1 is 0.706 bits per heavy atom. The van der Waals surface area contributed by atoms with Crippen molar-refractivity contribution in [3.05, 3.63) is 36.5 Å². The maximum absolute atomic E-state index is 8.62. The van der Waals surface area contributed by atoms with Crippen LogP contribution < -0.4 is 0 Å². The van der Waals surface area contributed by atoms with Crippen molar-refractivity contribution in [1.82, 2.24) is 0 Å². The number of aliphatic hydroxyl groups is 1. The summed E-state index contributed by atoms with van der Waals surface area (Å²) in [6.07, 6.45) is 22.4. The molecule has 1 heteroatoms. The van der Waals surface area contributed by atoms with Crippen LogP contribution in [0.4, 0.5) is 0 Å². The first-order valence-corrected chi connectivity index (χ1v) is 6.97. The van der Waals surface area contributed by atoms with Gasteiger partial charge in [0.2, 0.25) is 0 Å². The molecule has 0 spiro atoms. The van der Waals surface area contributed by atoms with Crippen LogP contribution in [0.5, 0.6) is 0 Å². The zero-order valence-corrected chi connectivity index (χ0v) is 11.3. The predicted molar refractivity (Wildman–Crippen MR) is 77.1 cm³/mol. The molecule has 0 radical (unpaired) electrons. The lowest BCUT2D eigenvalue weighted by Crippen LogP contribution is -1.82. The molecule has 0 bridgehead atoms. The first-order chi connectivity index (χ1) is 8.41. The smallest absolute Gasteiger partial charge is 0.0431 e. The molecule has 1 N–H and O–H groups in total. The molecule has 1 nitrogen and oxygen atoms in total. The fraction of sp³-hybridized carbons (Fsp3) is 0.625. The van der Waals surface area contributed by atoms with Gasteiger partial charge in [-0.1, -0.05) is 56.2 Å². The SMILES string of the molecule is CC/C=C\C/C=C\C/C=C\CCCCCCO. The summed E-state index contributed by atoms with van der Waals surface area (Å²) in [7, 11) is 0. The van der Waals surface area contributed by atoms with Gasteiger partial charge in [0.15, 0.2) is 0 Å². The van der Waals surface area contributed by atoms with Gasteiger partial charge in [0, 0.05) is 6.61 Å². The Kier molecular flexibility index (Phi) is 14.4. The summed E-state index contributed by atoms with van der Waals surface area (Å²) < 4.78 is 0. The van der Waals surface area contributed by atoms with Crippen LogP contribution in [0.15, 0.2) is 36.5 Å². The molecule has 98 valence electrons. The lowest BCUT2D eigenvalue weighted by atomic mass is 10.1. The number of unbranched alkanes of at least 4 members (excludes halogenated alkanes) is 4. The van der Waals surface area contributed by atoms with E-state index in [0.717, 1.165) is 32.1 Å². The van der Waals surface area contributed by atoms with Crippen LogP contribution in [0, 0.1) is 0 Å². The van der Waals surface area contributed by atoms with Gasteiger partial charge >= 0.3 is 0 Å². The second kappa shape index (κ2) is 15.2. The van der Waals surface area contributed by atoms with Crippen molar-refractivity contribution in [2.24, 2.45) is 0 Å². The monoisotopic (exact) mass is 236 g/mol. The zero-order chi connectivity index (χ0) is 12.6. The topological polar surface area (TPSA) is 20.2 Å². The second-order valence-corrected chi connectivity index (χ2v) is 4.22. The zero-order valence-electron chi connectivity index (χ0n) is 11.3. The highest BCUT2D eigenvalue weighted by atomic mass is 16.2. The van der Waals surface area contributed by atoms with Crippen LogP contribution >= 0.6 is 0 Å². The van der Waals surface area contributed by atoms with E-state index in [1.807, 2.05) is 0 Å². The molecule has 0 saturated heterocycles. The van der Waals surface area contributed by atoms with Crippen molar-refractivity contribution in [1.29, 1.82) is 0 Å². The molecule has 0 aliphatic heterocycles. The van der Waals surface area contributed by atoms with E-state index in [0.29, 0.717) is 6.61 Å². The van der Waals surface area contributed by atoms with Crippen molar-refractivity contribution >= 4 is 0 Å².